The molecule has 2 N–H and O–H groups in total. The highest BCUT2D eigenvalue weighted by Crippen LogP contribution is 2.23. The van der Waals surface area contributed by atoms with Crippen LogP contribution in [0.5, 0.6) is 5.75 Å². The Hall–Kier alpha value is -1.06. The summed E-state index contributed by atoms with van der Waals surface area (Å²) in [5.74, 6) is 0.343. The lowest BCUT2D eigenvalue weighted by atomic mass is 9.90. The second-order valence-electron chi connectivity index (χ2n) is 5.38. The molecule has 0 spiro atoms. The number of benzene rings is 1. The molecule has 1 saturated carbocycles. The van der Waals surface area contributed by atoms with E-state index in [9.17, 15) is 5.11 Å². The molecule has 0 amide bonds. The zero-order valence-corrected chi connectivity index (χ0v) is 11.4. The minimum Gasteiger partial charge on any atom is -0.508 e. The van der Waals surface area contributed by atoms with E-state index in [2.05, 4.69) is 24.3 Å². The van der Waals surface area contributed by atoms with Crippen molar-refractivity contribution in [1.29, 1.82) is 0 Å². The molecular weight excluding hydrogens is 224 g/mol. The number of nitrogens with zero attached hydrogens (tertiary/aromatic N) is 1. The molecule has 0 unspecified atom stereocenters. The van der Waals surface area contributed by atoms with Crippen molar-refractivity contribution in [3.05, 3.63) is 29.8 Å². The molecule has 0 heterocycles. The van der Waals surface area contributed by atoms with Crippen LogP contribution in [0, 0.1) is 0 Å². The fourth-order valence-electron chi connectivity index (χ4n) is 2.82. The van der Waals surface area contributed by atoms with Crippen LogP contribution in [0.25, 0.3) is 0 Å². The van der Waals surface area contributed by atoms with Gasteiger partial charge in [0, 0.05) is 18.6 Å². The van der Waals surface area contributed by atoms with Crippen molar-refractivity contribution in [1.82, 2.24) is 10.2 Å². The van der Waals surface area contributed by atoms with Gasteiger partial charge in [-0.3, -0.25) is 4.90 Å². The van der Waals surface area contributed by atoms with E-state index in [1.807, 2.05) is 12.1 Å². The molecular formula is C15H24N2O. The first-order valence-electron chi connectivity index (χ1n) is 6.84. The summed E-state index contributed by atoms with van der Waals surface area (Å²) in [6.07, 6.45) is 5.11. The van der Waals surface area contributed by atoms with Gasteiger partial charge in [-0.2, -0.15) is 0 Å². The minimum absolute atomic E-state index is 0.343. The monoisotopic (exact) mass is 248 g/mol. The number of phenolic OH excluding ortho intramolecular Hbond substituents is 1. The van der Waals surface area contributed by atoms with Gasteiger partial charge in [-0.15, -0.1) is 0 Å². The molecule has 0 radical (unpaired) electrons. The molecule has 100 valence electrons. The molecule has 2 rings (SSSR count). The van der Waals surface area contributed by atoms with Gasteiger partial charge in [0.05, 0.1) is 0 Å². The molecule has 1 aromatic rings. The number of hydrogen-bond donors (Lipinski definition) is 2. The predicted octanol–water partition coefficient (Wildman–Crippen LogP) is 2.35. The van der Waals surface area contributed by atoms with E-state index in [0.717, 1.165) is 6.54 Å². The van der Waals surface area contributed by atoms with E-state index in [4.69, 9.17) is 0 Å². The Morgan fingerprint density at radius 2 is 1.78 bits per heavy atom. The third kappa shape index (κ3) is 3.47. The van der Waals surface area contributed by atoms with Crippen LogP contribution in [0.1, 0.15) is 31.2 Å². The summed E-state index contributed by atoms with van der Waals surface area (Å²) in [6.45, 7) is 0.967. The molecule has 1 aliphatic carbocycles. The average molecular weight is 248 g/mol. The topological polar surface area (TPSA) is 35.5 Å². The lowest BCUT2D eigenvalue weighted by Gasteiger charge is -2.34. The Bertz CT molecular complexity index is 355. The summed E-state index contributed by atoms with van der Waals surface area (Å²) in [7, 11) is 4.27. The van der Waals surface area contributed by atoms with Gasteiger partial charge < -0.3 is 10.4 Å². The highest BCUT2D eigenvalue weighted by molar-refractivity contribution is 5.25. The highest BCUT2D eigenvalue weighted by Gasteiger charge is 2.22. The van der Waals surface area contributed by atoms with Gasteiger partial charge in [0.25, 0.3) is 0 Å². The van der Waals surface area contributed by atoms with Crippen LogP contribution in [-0.4, -0.2) is 36.2 Å². The summed E-state index contributed by atoms with van der Waals surface area (Å²) in [6, 6.07) is 8.95. The van der Waals surface area contributed by atoms with Gasteiger partial charge in [0.2, 0.25) is 0 Å². The number of nitrogens with one attached hydrogen (secondary N) is 1. The maximum atomic E-state index is 9.28. The highest BCUT2D eigenvalue weighted by atomic mass is 16.3. The Morgan fingerprint density at radius 3 is 2.33 bits per heavy atom. The van der Waals surface area contributed by atoms with Crippen molar-refractivity contribution in [3.8, 4) is 5.75 Å². The van der Waals surface area contributed by atoms with Crippen molar-refractivity contribution in [2.24, 2.45) is 0 Å². The number of rotatable bonds is 4. The summed E-state index contributed by atoms with van der Waals surface area (Å²) in [5, 5.41) is 12.6. The summed E-state index contributed by atoms with van der Waals surface area (Å²) >= 11 is 0. The molecule has 0 aliphatic heterocycles. The lowest BCUT2D eigenvalue weighted by molar-refractivity contribution is 0.170. The fraction of sp³-hybridized carbons (Fsp3) is 0.600. The molecule has 1 aliphatic rings. The summed E-state index contributed by atoms with van der Waals surface area (Å²) in [5.41, 5.74) is 1.27. The van der Waals surface area contributed by atoms with Crippen LogP contribution >= 0.6 is 0 Å². The van der Waals surface area contributed by atoms with Gasteiger partial charge >= 0.3 is 0 Å². The molecule has 0 atom stereocenters. The molecule has 0 bridgehead atoms. The molecule has 18 heavy (non-hydrogen) atoms. The quantitative estimate of drug-likeness (QED) is 0.858. The second kappa shape index (κ2) is 6.21. The lowest BCUT2D eigenvalue weighted by Crippen LogP contribution is -2.39. The Kier molecular flexibility index (Phi) is 4.61. The predicted molar refractivity (Wildman–Crippen MR) is 74.7 cm³/mol. The van der Waals surface area contributed by atoms with Gasteiger partial charge in [-0.1, -0.05) is 12.1 Å². The van der Waals surface area contributed by atoms with Crippen LogP contribution in [0.4, 0.5) is 0 Å². The van der Waals surface area contributed by atoms with Crippen molar-refractivity contribution >= 4 is 0 Å². The zero-order chi connectivity index (χ0) is 13.0. The third-order valence-electron chi connectivity index (χ3n) is 4.10. The van der Waals surface area contributed by atoms with E-state index in [-0.39, 0.29) is 0 Å². The Balaban J connectivity index is 1.85. The van der Waals surface area contributed by atoms with Crippen molar-refractivity contribution in [2.75, 3.05) is 14.1 Å². The largest absolute Gasteiger partial charge is 0.508 e. The first-order valence-corrected chi connectivity index (χ1v) is 6.84. The SMILES string of the molecule is CNC1CCC(N(C)Cc2ccc(O)cc2)CC1. The standard InChI is InChI=1S/C15H24N2O/c1-16-13-5-7-14(8-6-13)17(2)11-12-3-9-15(18)10-4-12/h3-4,9-10,13-14,16,18H,5-8,11H2,1-2H3. The van der Waals surface area contributed by atoms with Crippen LogP contribution < -0.4 is 5.32 Å². The van der Waals surface area contributed by atoms with Gasteiger partial charge in [-0.25, -0.2) is 0 Å². The number of phenols is 1. The first-order chi connectivity index (χ1) is 8.69. The maximum Gasteiger partial charge on any atom is 0.115 e. The fourth-order valence-corrected chi connectivity index (χ4v) is 2.82. The van der Waals surface area contributed by atoms with Crippen LogP contribution in [0.15, 0.2) is 24.3 Å². The average Bonchev–Trinajstić information content (AvgIpc) is 2.41. The van der Waals surface area contributed by atoms with E-state index < -0.39 is 0 Å². The zero-order valence-electron chi connectivity index (χ0n) is 11.4. The van der Waals surface area contributed by atoms with Gasteiger partial charge in [-0.05, 0) is 57.5 Å². The van der Waals surface area contributed by atoms with Crippen LogP contribution in [0.2, 0.25) is 0 Å². The molecule has 3 nitrogen and oxygen atoms in total. The van der Waals surface area contributed by atoms with E-state index >= 15 is 0 Å². The van der Waals surface area contributed by atoms with Gasteiger partial charge in [0.15, 0.2) is 0 Å². The number of hydrogen-bond acceptors (Lipinski definition) is 3. The number of aromatic hydroxyl groups is 1. The van der Waals surface area contributed by atoms with Gasteiger partial charge in [0.1, 0.15) is 5.75 Å². The van der Waals surface area contributed by atoms with E-state index in [1.165, 1.54) is 31.2 Å². The molecule has 0 saturated heterocycles. The van der Waals surface area contributed by atoms with E-state index in [1.54, 1.807) is 12.1 Å². The van der Waals surface area contributed by atoms with Crippen molar-refractivity contribution < 1.29 is 5.11 Å². The molecule has 1 fully saturated rings. The first kappa shape index (κ1) is 13.4. The van der Waals surface area contributed by atoms with Crippen molar-refractivity contribution in [2.45, 2.75) is 44.3 Å². The second-order valence-corrected chi connectivity index (χ2v) is 5.38. The Morgan fingerprint density at radius 1 is 1.17 bits per heavy atom. The Labute approximate surface area is 110 Å². The molecule has 1 aromatic carbocycles. The summed E-state index contributed by atoms with van der Waals surface area (Å²) < 4.78 is 0. The normalized spacial score (nSPS) is 24.4. The van der Waals surface area contributed by atoms with Crippen LogP contribution in [0.3, 0.4) is 0 Å². The van der Waals surface area contributed by atoms with Crippen molar-refractivity contribution in [3.63, 3.8) is 0 Å². The molecule has 3 heteroatoms. The minimum atomic E-state index is 0.343. The van der Waals surface area contributed by atoms with E-state index in [0.29, 0.717) is 17.8 Å². The maximum absolute atomic E-state index is 9.28. The third-order valence-corrected chi connectivity index (χ3v) is 4.10. The molecule has 0 aromatic heterocycles. The smallest absolute Gasteiger partial charge is 0.115 e. The summed E-state index contributed by atoms with van der Waals surface area (Å²) in [4.78, 5) is 2.44. The van der Waals surface area contributed by atoms with Crippen LogP contribution in [-0.2, 0) is 6.54 Å².